The van der Waals surface area contributed by atoms with Crippen LogP contribution < -0.4 is 9.47 Å². The summed E-state index contributed by atoms with van der Waals surface area (Å²) in [6.45, 7) is 6.50. The van der Waals surface area contributed by atoms with Crippen molar-refractivity contribution in [3.8, 4) is 11.5 Å². The van der Waals surface area contributed by atoms with Crippen molar-refractivity contribution in [1.29, 1.82) is 0 Å². The molecule has 7 rings (SSSR count). The molecule has 2 aromatic carbocycles. The van der Waals surface area contributed by atoms with E-state index >= 15 is 0 Å². The van der Waals surface area contributed by atoms with Gasteiger partial charge in [0, 0.05) is 41.7 Å². The number of β-amino-alcohol motifs (C(OH)–C–C–N with tert-alkyl or cyclic N) is 1. The van der Waals surface area contributed by atoms with E-state index in [4.69, 9.17) is 13.9 Å². The highest BCUT2D eigenvalue weighted by molar-refractivity contribution is 5.92. The molecule has 1 saturated carbocycles. The quantitative estimate of drug-likeness (QED) is 0.330. The Morgan fingerprint density at radius 2 is 2.02 bits per heavy atom. The monoisotopic (exact) mass is 582 g/mol. The number of furan rings is 1. The first-order chi connectivity index (χ1) is 20.9. The van der Waals surface area contributed by atoms with E-state index in [9.17, 15) is 9.90 Å². The van der Waals surface area contributed by atoms with Crippen molar-refractivity contribution < 1.29 is 23.8 Å². The Balaban J connectivity index is 1.25. The van der Waals surface area contributed by atoms with E-state index in [0.717, 1.165) is 54.9 Å². The van der Waals surface area contributed by atoms with Crippen molar-refractivity contribution in [2.75, 3.05) is 26.7 Å². The lowest BCUT2D eigenvalue weighted by Crippen LogP contribution is -2.69. The smallest absolute Gasteiger partial charge is 0.246 e. The molecule has 4 aliphatic rings. The predicted octanol–water partition coefficient (Wildman–Crippen LogP) is 5.63. The lowest BCUT2D eigenvalue weighted by atomic mass is 9.51. The van der Waals surface area contributed by atoms with Crippen LogP contribution in [0.4, 0.5) is 0 Å². The summed E-state index contributed by atoms with van der Waals surface area (Å²) in [6.07, 6.45) is 9.86. The summed E-state index contributed by atoms with van der Waals surface area (Å²) in [5, 5.41) is 11.2. The van der Waals surface area contributed by atoms with Crippen LogP contribution in [0.2, 0.25) is 0 Å². The molecule has 1 unspecified atom stereocenters. The standard InChI is InChI=1S/C36H42N2O5/c1-23(2)20-38(32(40)14-9-24-15-18-42-22-24)28-12-11-27-29-19-26-10-13-31(41-3)34-33(26)36(27,35(28)43-34)16-17-37(29)21-30(39)25-7-5-4-6-8-25/h4-10,13-15,18,22-23,27-30,35,39H,11-12,16-17,19-21H2,1-3H3/t27-,28+,29+,30?,35-,36-/m0/s1. The molecule has 1 N–H and O–H groups in total. The van der Waals surface area contributed by atoms with Gasteiger partial charge in [-0.15, -0.1) is 0 Å². The Morgan fingerprint density at radius 3 is 2.77 bits per heavy atom. The third-order valence-corrected chi connectivity index (χ3v) is 10.4. The molecule has 1 amide bonds. The molecule has 2 fully saturated rings. The van der Waals surface area contributed by atoms with E-state index in [1.165, 1.54) is 11.1 Å². The van der Waals surface area contributed by atoms with Crippen LogP contribution >= 0.6 is 0 Å². The van der Waals surface area contributed by atoms with Crippen LogP contribution in [-0.4, -0.2) is 65.7 Å². The summed E-state index contributed by atoms with van der Waals surface area (Å²) in [5.41, 5.74) is 4.28. The maximum Gasteiger partial charge on any atom is 0.246 e. The molecule has 0 radical (unpaired) electrons. The van der Waals surface area contributed by atoms with E-state index in [0.29, 0.717) is 31.0 Å². The van der Waals surface area contributed by atoms with Crippen LogP contribution in [0.5, 0.6) is 11.5 Å². The van der Waals surface area contributed by atoms with Crippen LogP contribution in [-0.2, 0) is 16.6 Å². The van der Waals surface area contributed by atoms with Gasteiger partial charge in [0.1, 0.15) is 6.10 Å². The number of carbonyl (C=O) groups is 1. The van der Waals surface area contributed by atoms with Gasteiger partial charge in [0.2, 0.25) is 5.91 Å². The second-order valence-electron chi connectivity index (χ2n) is 13.2. The molecule has 7 heteroatoms. The van der Waals surface area contributed by atoms with E-state index < -0.39 is 6.10 Å². The Labute approximate surface area is 254 Å². The van der Waals surface area contributed by atoms with Crippen molar-refractivity contribution in [3.63, 3.8) is 0 Å². The normalized spacial score (nSPS) is 28.0. The number of methoxy groups -OCH3 is 1. The van der Waals surface area contributed by atoms with Crippen LogP contribution in [0.1, 0.15) is 61.5 Å². The largest absolute Gasteiger partial charge is 0.493 e. The molecule has 1 aromatic heterocycles. The first-order valence-corrected chi connectivity index (χ1v) is 15.8. The average molecular weight is 583 g/mol. The Morgan fingerprint density at radius 1 is 1.19 bits per heavy atom. The molecular weight excluding hydrogens is 540 g/mol. The van der Waals surface area contributed by atoms with Gasteiger partial charge >= 0.3 is 0 Å². The zero-order chi connectivity index (χ0) is 29.7. The second kappa shape index (κ2) is 11.2. The molecule has 1 saturated heterocycles. The van der Waals surface area contributed by atoms with Gasteiger partial charge in [-0.25, -0.2) is 0 Å². The van der Waals surface area contributed by atoms with Gasteiger partial charge in [-0.05, 0) is 73.4 Å². The summed E-state index contributed by atoms with van der Waals surface area (Å²) < 4.78 is 18.1. The molecule has 6 atom stereocenters. The molecule has 2 aliphatic heterocycles. The van der Waals surface area contributed by atoms with Crippen LogP contribution in [0.25, 0.3) is 6.08 Å². The predicted molar refractivity (Wildman–Crippen MR) is 165 cm³/mol. The number of rotatable bonds is 9. The van der Waals surface area contributed by atoms with E-state index in [1.54, 1.807) is 25.7 Å². The molecule has 43 heavy (non-hydrogen) atoms. The highest BCUT2D eigenvalue weighted by atomic mass is 16.5. The maximum absolute atomic E-state index is 13.9. The van der Waals surface area contributed by atoms with Crippen LogP contribution in [0.15, 0.2) is 71.6 Å². The Hall–Kier alpha value is -3.55. The fourth-order valence-corrected chi connectivity index (χ4v) is 8.71. The van der Waals surface area contributed by atoms with E-state index in [1.807, 2.05) is 48.5 Å². The zero-order valence-corrected chi connectivity index (χ0v) is 25.3. The van der Waals surface area contributed by atoms with E-state index in [-0.39, 0.29) is 23.5 Å². The van der Waals surface area contributed by atoms with Gasteiger partial charge in [-0.2, -0.15) is 0 Å². The van der Waals surface area contributed by atoms with Gasteiger partial charge in [0.25, 0.3) is 0 Å². The number of piperidine rings is 1. The second-order valence-corrected chi connectivity index (χ2v) is 13.2. The van der Waals surface area contributed by atoms with Gasteiger partial charge < -0.3 is 23.9 Å². The minimum Gasteiger partial charge on any atom is -0.493 e. The minimum atomic E-state index is -0.531. The number of aliphatic hydroxyl groups is 1. The third-order valence-electron chi connectivity index (χ3n) is 10.4. The SMILES string of the molecule is COc1ccc2c3c1O[C@H]1[C@H](N(CC(C)C)C(=O)C=Cc4ccoc4)CC[C@H]4[C@@H](C2)N(CC(O)c2ccccc2)CC[C@@]341. The third kappa shape index (κ3) is 4.68. The van der Waals surface area contributed by atoms with Crippen molar-refractivity contribution in [2.24, 2.45) is 11.8 Å². The molecule has 3 heterocycles. The van der Waals surface area contributed by atoms with Crippen molar-refractivity contribution >= 4 is 12.0 Å². The highest BCUT2D eigenvalue weighted by Crippen LogP contribution is 2.64. The number of hydrogen-bond donors (Lipinski definition) is 1. The molecule has 7 nitrogen and oxygen atoms in total. The lowest BCUT2D eigenvalue weighted by Gasteiger charge is -2.60. The number of nitrogens with zero attached hydrogens (tertiary/aromatic N) is 2. The summed E-state index contributed by atoms with van der Waals surface area (Å²) in [7, 11) is 1.71. The molecule has 1 spiro atoms. The van der Waals surface area contributed by atoms with Gasteiger partial charge in [-0.3, -0.25) is 9.69 Å². The summed E-state index contributed by atoms with van der Waals surface area (Å²) in [5.74, 6) is 2.36. The summed E-state index contributed by atoms with van der Waals surface area (Å²) in [4.78, 5) is 18.5. The Kier molecular flexibility index (Phi) is 7.34. The highest BCUT2D eigenvalue weighted by Gasteiger charge is 2.66. The molecule has 2 bridgehead atoms. The number of benzene rings is 2. The minimum absolute atomic E-state index is 0.0114. The first kappa shape index (κ1) is 28.2. The topological polar surface area (TPSA) is 75.4 Å². The number of ether oxygens (including phenoxy) is 2. The summed E-state index contributed by atoms with van der Waals surface area (Å²) in [6, 6.07) is 16.4. The lowest BCUT2D eigenvalue weighted by molar-refractivity contribution is -0.139. The first-order valence-electron chi connectivity index (χ1n) is 15.8. The Bertz CT molecular complexity index is 1480. The van der Waals surface area contributed by atoms with Crippen molar-refractivity contribution in [2.45, 2.75) is 69.2 Å². The number of carbonyl (C=O) groups excluding carboxylic acids is 1. The fraction of sp³-hybridized carbons (Fsp3) is 0.472. The van der Waals surface area contributed by atoms with Crippen LogP contribution in [0.3, 0.4) is 0 Å². The van der Waals surface area contributed by atoms with E-state index in [2.05, 4.69) is 29.7 Å². The summed E-state index contributed by atoms with van der Waals surface area (Å²) >= 11 is 0. The van der Waals surface area contributed by atoms with Crippen molar-refractivity contribution in [1.82, 2.24) is 9.80 Å². The number of hydrogen-bond acceptors (Lipinski definition) is 6. The van der Waals surface area contributed by atoms with Crippen molar-refractivity contribution in [3.05, 3.63) is 89.4 Å². The van der Waals surface area contributed by atoms with Gasteiger partial charge in [-0.1, -0.05) is 50.2 Å². The van der Waals surface area contributed by atoms with Gasteiger partial charge in [0.15, 0.2) is 11.5 Å². The molecular formula is C36H42N2O5. The number of aliphatic hydroxyl groups excluding tert-OH is 1. The zero-order valence-electron chi connectivity index (χ0n) is 25.3. The average Bonchev–Trinajstić information content (AvgIpc) is 3.66. The number of likely N-dealkylation sites (tertiary alicyclic amines) is 1. The van der Waals surface area contributed by atoms with Gasteiger partial charge in [0.05, 0.1) is 31.8 Å². The maximum atomic E-state index is 13.9. The molecule has 3 aromatic rings. The fourth-order valence-electron chi connectivity index (χ4n) is 8.71. The molecule has 226 valence electrons. The molecule has 2 aliphatic carbocycles. The number of amides is 1. The van der Waals surface area contributed by atoms with Crippen LogP contribution in [0, 0.1) is 11.8 Å².